The van der Waals surface area contributed by atoms with Gasteiger partial charge in [0.15, 0.2) is 0 Å². The van der Waals surface area contributed by atoms with Crippen molar-refractivity contribution in [2.45, 2.75) is 31.8 Å². The Morgan fingerprint density at radius 1 is 1.56 bits per heavy atom. The van der Waals surface area contributed by atoms with Gasteiger partial charge in [-0.25, -0.2) is 0 Å². The van der Waals surface area contributed by atoms with Crippen LogP contribution < -0.4 is 5.32 Å². The lowest BCUT2D eigenvalue weighted by Crippen LogP contribution is -2.38. The van der Waals surface area contributed by atoms with E-state index in [0.717, 1.165) is 19.4 Å². The molecule has 0 aromatic carbocycles. The minimum atomic E-state index is 0.0289. The highest BCUT2D eigenvalue weighted by Gasteiger charge is 2.16. The summed E-state index contributed by atoms with van der Waals surface area (Å²) in [6.45, 7) is 2.89. The van der Waals surface area contributed by atoms with Crippen LogP contribution in [0.3, 0.4) is 0 Å². The minimum Gasteiger partial charge on any atom is -0.312 e. The van der Waals surface area contributed by atoms with E-state index < -0.39 is 0 Å². The number of nitrogens with one attached hydrogen (secondary N) is 1. The maximum Gasteiger partial charge on any atom is 0.104 e. The van der Waals surface area contributed by atoms with Gasteiger partial charge in [-0.3, -0.25) is 0 Å². The molecule has 3 heteroatoms. The van der Waals surface area contributed by atoms with Crippen LogP contribution in [0.15, 0.2) is 5.18 Å². The predicted octanol–water partition coefficient (Wildman–Crippen LogP) is 0.893. The molecule has 1 saturated heterocycles. The van der Waals surface area contributed by atoms with Crippen molar-refractivity contribution in [3.63, 3.8) is 0 Å². The summed E-state index contributed by atoms with van der Waals surface area (Å²) in [6, 6.07) is 0.601. The Bertz CT molecular complexity index is 97.2. The van der Waals surface area contributed by atoms with Crippen LogP contribution >= 0.6 is 0 Å². The number of nitroso groups, excluding NO2 is 1. The second kappa shape index (κ2) is 2.92. The molecule has 0 radical (unpaired) electrons. The van der Waals surface area contributed by atoms with Crippen LogP contribution in [0.2, 0.25) is 0 Å². The SMILES string of the molecule is CC1CCC(N=O)CN1. The standard InChI is InChI=1S/C6H12N2O/c1-5-2-3-6(8-9)4-7-5/h5-7H,2-4H2,1H3. The molecule has 0 aromatic heterocycles. The molecule has 3 nitrogen and oxygen atoms in total. The number of hydrogen-bond acceptors (Lipinski definition) is 3. The van der Waals surface area contributed by atoms with Crippen molar-refractivity contribution < 1.29 is 0 Å². The van der Waals surface area contributed by atoms with Crippen molar-refractivity contribution >= 4 is 0 Å². The number of nitrogens with zero attached hydrogens (tertiary/aromatic N) is 1. The fraction of sp³-hybridized carbons (Fsp3) is 1.00. The second-order valence-electron chi connectivity index (χ2n) is 2.65. The van der Waals surface area contributed by atoms with Gasteiger partial charge >= 0.3 is 0 Å². The molecule has 0 saturated carbocycles. The fourth-order valence-corrected chi connectivity index (χ4v) is 1.07. The summed E-state index contributed by atoms with van der Waals surface area (Å²) >= 11 is 0. The van der Waals surface area contributed by atoms with Gasteiger partial charge in [-0.1, -0.05) is 5.18 Å². The van der Waals surface area contributed by atoms with Crippen LogP contribution in [0.4, 0.5) is 0 Å². The lowest BCUT2D eigenvalue weighted by molar-refractivity contribution is 0.384. The molecule has 2 unspecified atom stereocenters. The van der Waals surface area contributed by atoms with E-state index >= 15 is 0 Å². The van der Waals surface area contributed by atoms with E-state index in [1.807, 2.05) is 0 Å². The molecule has 0 bridgehead atoms. The quantitative estimate of drug-likeness (QED) is 0.533. The molecule has 1 heterocycles. The van der Waals surface area contributed by atoms with Crippen LogP contribution in [0.1, 0.15) is 19.8 Å². The summed E-state index contributed by atoms with van der Waals surface area (Å²) in [5, 5.41) is 6.16. The van der Waals surface area contributed by atoms with Gasteiger partial charge < -0.3 is 5.32 Å². The van der Waals surface area contributed by atoms with Crippen molar-refractivity contribution in [2.24, 2.45) is 5.18 Å². The largest absolute Gasteiger partial charge is 0.312 e. The van der Waals surface area contributed by atoms with Gasteiger partial charge in [0.05, 0.1) is 0 Å². The van der Waals surface area contributed by atoms with E-state index in [1.54, 1.807) is 0 Å². The molecule has 1 rings (SSSR count). The summed E-state index contributed by atoms with van der Waals surface area (Å²) in [7, 11) is 0. The molecular weight excluding hydrogens is 116 g/mol. The summed E-state index contributed by atoms with van der Waals surface area (Å²) in [5.41, 5.74) is 0. The maximum absolute atomic E-state index is 9.98. The first-order valence-corrected chi connectivity index (χ1v) is 3.39. The average molecular weight is 128 g/mol. The Kier molecular flexibility index (Phi) is 2.16. The normalized spacial score (nSPS) is 36.1. The molecule has 52 valence electrons. The monoisotopic (exact) mass is 128 g/mol. The number of rotatable bonds is 1. The molecule has 1 fully saturated rings. The van der Waals surface area contributed by atoms with E-state index in [9.17, 15) is 4.91 Å². The van der Waals surface area contributed by atoms with Gasteiger partial charge in [0.2, 0.25) is 0 Å². The van der Waals surface area contributed by atoms with Crippen molar-refractivity contribution in [3.8, 4) is 0 Å². The van der Waals surface area contributed by atoms with Crippen LogP contribution in [0.25, 0.3) is 0 Å². The molecule has 1 aliphatic rings. The summed E-state index contributed by atoms with van der Waals surface area (Å²) in [5.74, 6) is 0. The molecule has 9 heavy (non-hydrogen) atoms. The highest BCUT2D eigenvalue weighted by Crippen LogP contribution is 2.09. The van der Waals surface area contributed by atoms with E-state index in [1.165, 1.54) is 0 Å². The lowest BCUT2D eigenvalue weighted by Gasteiger charge is -2.22. The van der Waals surface area contributed by atoms with Crippen LogP contribution in [0.5, 0.6) is 0 Å². The van der Waals surface area contributed by atoms with Crippen LogP contribution in [-0.2, 0) is 0 Å². The topological polar surface area (TPSA) is 41.5 Å². The van der Waals surface area contributed by atoms with E-state index in [-0.39, 0.29) is 6.04 Å². The summed E-state index contributed by atoms with van der Waals surface area (Å²) in [4.78, 5) is 9.98. The van der Waals surface area contributed by atoms with Gasteiger partial charge in [0.1, 0.15) is 6.04 Å². The van der Waals surface area contributed by atoms with Gasteiger partial charge in [-0.05, 0) is 19.8 Å². The molecule has 0 amide bonds. The highest BCUT2D eigenvalue weighted by molar-refractivity contribution is 4.78. The zero-order chi connectivity index (χ0) is 6.69. The smallest absolute Gasteiger partial charge is 0.104 e. The zero-order valence-electron chi connectivity index (χ0n) is 5.63. The molecule has 0 aromatic rings. The van der Waals surface area contributed by atoms with Crippen molar-refractivity contribution in [3.05, 3.63) is 4.91 Å². The molecule has 2 atom stereocenters. The third-order valence-corrected chi connectivity index (χ3v) is 1.78. The molecular formula is C6H12N2O. The summed E-state index contributed by atoms with van der Waals surface area (Å²) in [6.07, 6.45) is 2.04. The molecule has 0 spiro atoms. The minimum absolute atomic E-state index is 0.0289. The van der Waals surface area contributed by atoms with Gasteiger partial charge in [0, 0.05) is 12.6 Å². The summed E-state index contributed by atoms with van der Waals surface area (Å²) < 4.78 is 0. The molecule has 1 aliphatic heterocycles. The molecule has 0 aliphatic carbocycles. The van der Waals surface area contributed by atoms with E-state index in [4.69, 9.17) is 0 Å². The lowest BCUT2D eigenvalue weighted by atomic mass is 10.0. The predicted molar refractivity (Wildman–Crippen MR) is 36.3 cm³/mol. The van der Waals surface area contributed by atoms with Crippen LogP contribution in [0, 0.1) is 4.91 Å². The van der Waals surface area contributed by atoms with Crippen molar-refractivity contribution in [1.29, 1.82) is 0 Å². The van der Waals surface area contributed by atoms with Gasteiger partial charge in [-0.2, -0.15) is 4.91 Å². The molecule has 1 N–H and O–H groups in total. The first kappa shape index (κ1) is 6.68. The van der Waals surface area contributed by atoms with E-state index in [0.29, 0.717) is 6.04 Å². The van der Waals surface area contributed by atoms with Gasteiger partial charge in [-0.15, -0.1) is 0 Å². The third-order valence-electron chi connectivity index (χ3n) is 1.78. The van der Waals surface area contributed by atoms with E-state index in [2.05, 4.69) is 17.4 Å². The first-order chi connectivity index (χ1) is 4.33. The van der Waals surface area contributed by atoms with Crippen LogP contribution in [-0.4, -0.2) is 18.6 Å². The average Bonchev–Trinajstić information content (AvgIpc) is 1.90. The Morgan fingerprint density at radius 2 is 2.33 bits per heavy atom. The highest BCUT2D eigenvalue weighted by atomic mass is 16.3. The maximum atomic E-state index is 9.98. The van der Waals surface area contributed by atoms with Gasteiger partial charge in [0.25, 0.3) is 0 Å². The Labute approximate surface area is 54.8 Å². The zero-order valence-corrected chi connectivity index (χ0v) is 5.63. The third kappa shape index (κ3) is 1.75. The Hall–Kier alpha value is -0.440. The van der Waals surface area contributed by atoms with Crippen molar-refractivity contribution in [1.82, 2.24) is 5.32 Å². The first-order valence-electron chi connectivity index (χ1n) is 3.39. The van der Waals surface area contributed by atoms with Crippen molar-refractivity contribution in [2.75, 3.05) is 6.54 Å². The number of piperidine rings is 1. The Morgan fingerprint density at radius 3 is 2.78 bits per heavy atom. The fourth-order valence-electron chi connectivity index (χ4n) is 1.07. The second-order valence-corrected chi connectivity index (χ2v) is 2.65. The number of hydrogen-bond donors (Lipinski definition) is 1. The Balaban J connectivity index is 2.26.